The molecule has 0 aliphatic carbocycles. The normalized spacial score (nSPS) is 17.1. The summed E-state index contributed by atoms with van der Waals surface area (Å²) >= 11 is 0. The largest absolute Gasteiger partial charge is 0.461 e. The fraction of sp³-hybridized carbons (Fsp3) is 0.250. The lowest BCUT2D eigenvalue weighted by Crippen LogP contribution is -2.24. The SMILES string of the molecule is Cc1ccc2oc(C[C@H]3C(=O)N(C)c4ccccc43)c(C)c2c1. The van der Waals surface area contributed by atoms with Crippen LogP contribution in [0.25, 0.3) is 11.0 Å². The number of hydrogen-bond acceptors (Lipinski definition) is 2. The predicted molar refractivity (Wildman–Crippen MR) is 92.0 cm³/mol. The van der Waals surface area contributed by atoms with Crippen molar-refractivity contribution in [1.29, 1.82) is 0 Å². The highest BCUT2D eigenvalue weighted by Gasteiger charge is 2.35. The van der Waals surface area contributed by atoms with E-state index in [4.69, 9.17) is 4.42 Å². The Morgan fingerprint density at radius 1 is 1.13 bits per heavy atom. The number of anilines is 1. The maximum atomic E-state index is 12.6. The van der Waals surface area contributed by atoms with E-state index in [0.717, 1.165) is 33.5 Å². The number of rotatable bonds is 2. The van der Waals surface area contributed by atoms with E-state index in [1.54, 1.807) is 4.90 Å². The summed E-state index contributed by atoms with van der Waals surface area (Å²) in [6.07, 6.45) is 0.611. The Bertz CT molecular complexity index is 923. The first-order valence-corrected chi connectivity index (χ1v) is 7.91. The molecule has 0 N–H and O–H groups in total. The second kappa shape index (κ2) is 4.98. The number of furan rings is 1. The van der Waals surface area contributed by atoms with Gasteiger partial charge in [-0.25, -0.2) is 0 Å². The van der Waals surface area contributed by atoms with Crippen molar-refractivity contribution in [2.75, 3.05) is 11.9 Å². The molecule has 1 atom stereocenters. The molecule has 0 saturated carbocycles. The molecule has 0 bridgehead atoms. The van der Waals surface area contributed by atoms with Gasteiger partial charge >= 0.3 is 0 Å². The smallest absolute Gasteiger partial charge is 0.234 e. The van der Waals surface area contributed by atoms with Crippen LogP contribution in [0.3, 0.4) is 0 Å². The molecule has 1 amide bonds. The number of likely N-dealkylation sites (N-methyl/N-ethyl adjacent to an activating group) is 1. The van der Waals surface area contributed by atoms with E-state index >= 15 is 0 Å². The number of para-hydroxylation sites is 1. The summed E-state index contributed by atoms with van der Waals surface area (Å²) in [5.41, 5.74) is 5.36. The number of amides is 1. The molecule has 1 aliphatic heterocycles. The average molecular weight is 305 g/mol. The molecular weight excluding hydrogens is 286 g/mol. The molecule has 2 heterocycles. The minimum Gasteiger partial charge on any atom is -0.461 e. The fourth-order valence-corrected chi connectivity index (χ4v) is 3.54. The molecule has 23 heavy (non-hydrogen) atoms. The van der Waals surface area contributed by atoms with Crippen LogP contribution >= 0.6 is 0 Å². The summed E-state index contributed by atoms with van der Waals surface area (Å²) in [6, 6.07) is 14.2. The van der Waals surface area contributed by atoms with Crippen LogP contribution in [0, 0.1) is 13.8 Å². The highest BCUT2D eigenvalue weighted by atomic mass is 16.3. The first kappa shape index (κ1) is 14.1. The van der Waals surface area contributed by atoms with E-state index in [-0.39, 0.29) is 11.8 Å². The van der Waals surface area contributed by atoms with Gasteiger partial charge in [0.1, 0.15) is 11.3 Å². The van der Waals surface area contributed by atoms with Gasteiger partial charge in [-0.2, -0.15) is 0 Å². The van der Waals surface area contributed by atoms with Gasteiger partial charge in [-0.1, -0.05) is 29.8 Å². The number of fused-ring (bicyclic) bond motifs is 2. The van der Waals surface area contributed by atoms with Gasteiger partial charge < -0.3 is 9.32 Å². The topological polar surface area (TPSA) is 33.5 Å². The quantitative estimate of drug-likeness (QED) is 0.705. The highest BCUT2D eigenvalue weighted by Crippen LogP contribution is 2.39. The van der Waals surface area contributed by atoms with Crippen LogP contribution in [-0.4, -0.2) is 13.0 Å². The van der Waals surface area contributed by atoms with Crippen molar-refractivity contribution in [3.8, 4) is 0 Å². The van der Waals surface area contributed by atoms with Gasteiger partial charge in [0.25, 0.3) is 0 Å². The number of carbonyl (C=O) groups excluding carboxylic acids is 1. The van der Waals surface area contributed by atoms with Gasteiger partial charge in [0.15, 0.2) is 0 Å². The van der Waals surface area contributed by atoms with Crippen molar-refractivity contribution in [2.45, 2.75) is 26.2 Å². The van der Waals surface area contributed by atoms with Crippen LogP contribution in [0.15, 0.2) is 46.9 Å². The van der Waals surface area contributed by atoms with E-state index in [2.05, 4.69) is 26.0 Å². The zero-order valence-electron chi connectivity index (χ0n) is 13.6. The van der Waals surface area contributed by atoms with Gasteiger partial charge in [-0.3, -0.25) is 4.79 Å². The first-order valence-electron chi connectivity index (χ1n) is 7.91. The predicted octanol–water partition coefficient (Wildman–Crippen LogP) is 4.35. The lowest BCUT2D eigenvalue weighted by atomic mass is 9.94. The Kier molecular flexibility index (Phi) is 3.05. The molecule has 0 fully saturated rings. The molecule has 116 valence electrons. The minimum absolute atomic E-state index is 0.141. The van der Waals surface area contributed by atoms with E-state index < -0.39 is 0 Å². The van der Waals surface area contributed by atoms with Crippen LogP contribution in [0.2, 0.25) is 0 Å². The Labute approximate surface area is 135 Å². The molecule has 0 spiro atoms. The first-order chi connectivity index (χ1) is 11.1. The number of carbonyl (C=O) groups is 1. The summed E-state index contributed by atoms with van der Waals surface area (Å²) in [6.45, 7) is 4.16. The minimum atomic E-state index is -0.156. The van der Waals surface area contributed by atoms with Crippen LogP contribution in [0.4, 0.5) is 5.69 Å². The standard InChI is InChI=1S/C20H19NO2/c1-12-8-9-18-15(10-12)13(2)19(23-18)11-16-14-6-4-5-7-17(14)21(3)20(16)22/h4-10,16H,11H2,1-3H3/t16-/m1/s1. The van der Waals surface area contributed by atoms with Crippen molar-refractivity contribution < 1.29 is 9.21 Å². The third kappa shape index (κ3) is 2.07. The third-order valence-electron chi connectivity index (χ3n) is 4.88. The monoisotopic (exact) mass is 305 g/mol. The fourth-order valence-electron chi connectivity index (χ4n) is 3.54. The zero-order valence-corrected chi connectivity index (χ0v) is 13.6. The van der Waals surface area contributed by atoms with Gasteiger partial charge in [0.05, 0.1) is 5.92 Å². The van der Waals surface area contributed by atoms with Crippen molar-refractivity contribution >= 4 is 22.6 Å². The average Bonchev–Trinajstić information content (AvgIpc) is 2.99. The van der Waals surface area contributed by atoms with E-state index in [9.17, 15) is 4.79 Å². The Hall–Kier alpha value is -2.55. The second-order valence-corrected chi connectivity index (χ2v) is 6.36. The molecule has 1 aliphatic rings. The maximum absolute atomic E-state index is 12.6. The Morgan fingerprint density at radius 2 is 1.91 bits per heavy atom. The third-order valence-corrected chi connectivity index (χ3v) is 4.88. The van der Waals surface area contributed by atoms with Crippen molar-refractivity contribution in [3.05, 3.63) is 64.9 Å². The molecule has 4 rings (SSSR count). The number of hydrogen-bond donors (Lipinski definition) is 0. The highest BCUT2D eigenvalue weighted by molar-refractivity contribution is 6.04. The van der Waals surface area contributed by atoms with Crippen LogP contribution in [0.5, 0.6) is 0 Å². The molecule has 3 nitrogen and oxygen atoms in total. The van der Waals surface area contributed by atoms with Gasteiger partial charge in [0, 0.05) is 24.5 Å². The summed E-state index contributed by atoms with van der Waals surface area (Å²) in [7, 11) is 1.84. The second-order valence-electron chi connectivity index (χ2n) is 6.36. The van der Waals surface area contributed by atoms with Crippen LogP contribution < -0.4 is 4.90 Å². The Balaban J connectivity index is 1.77. The molecule has 2 aromatic carbocycles. The van der Waals surface area contributed by atoms with Gasteiger partial charge in [-0.05, 0) is 43.2 Å². The molecule has 3 heteroatoms. The zero-order chi connectivity index (χ0) is 16.1. The molecule has 0 unspecified atom stereocenters. The number of nitrogens with zero attached hydrogens (tertiary/aromatic N) is 1. The van der Waals surface area contributed by atoms with E-state index in [1.807, 2.05) is 37.4 Å². The molecule has 0 radical (unpaired) electrons. The summed E-state index contributed by atoms with van der Waals surface area (Å²) in [5.74, 6) is 0.896. The summed E-state index contributed by atoms with van der Waals surface area (Å²) < 4.78 is 6.04. The van der Waals surface area contributed by atoms with Crippen molar-refractivity contribution in [3.63, 3.8) is 0 Å². The molecule has 0 saturated heterocycles. The number of aryl methyl sites for hydroxylation is 2. The van der Waals surface area contributed by atoms with Gasteiger partial charge in [-0.15, -0.1) is 0 Å². The maximum Gasteiger partial charge on any atom is 0.234 e. The van der Waals surface area contributed by atoms with Crippen molar-refractivity contribution in [2.24, 2.45) is 0 Å². The molecule has 3 aromatic rings. The van der Waals surface area contributed by atoms with Crippen LogP contribution in [0.1, 0.15) is 28.4 Å². The lowest BCUT2D eigenvalue weighted by molar-refractivity contribution is -0.119. The van der Waals surface area contributed by atoms with Gasteiger partial charge in [0.2, 0.25) is 5.91 Å². The summed E-state index contributed by atoms with van der Waals surface area (Å²) in [4.78, 5) is 14.4. The lowest BCUT2D eigenvalue weighted by Gasteiger charge is -2.10. The van der Waals surface area contributed by atoms with E-state index in [1.165, 1.54) is 5.56 Å². The molecular formula is C20H19NO2. The van der Waals surface area contributed by atoms with Crippen molar-refractivity contribution in [1.82, 2.24) is 0 Å². The van der Waals surface area contributed by atoms with E-state index in [0.29, 0.717) is 6.42 Å². The Morgan fingerprint density at radius 3 is 2.74 bits per heavy atom. The van der Waals surface area contributed by atoms with Crippen LogP contribution in [-0.2, 0) is 11.2 Å². The number of benzene rings is 2. The molecule has 1 aromatic heterocycles. The summed E-state index contributed by atoms with van der Waals surface area (Å²) in [5, 5.41) is 1.15.